The van der Waals surface area contributed by atoms with Crippen molar-refractivity contribution in [2.45, 2.75) is 95.9 Å². The fourth-order valence-electron chi connectivity index (χ4n) is 6.38. The highest BCUT2D eigenvalue weighted by Crippen LogP contribution is 2.41. The van der Waals surface area contributed by atoms with Gasteiger partial charge in [-0.15, -0.1) is 0 Å². The van der Waals surface area contributed by atoms with Crippen LogP contribution in [0.15, 0.2) is 24.3 Å². The second-order valence-electron chi connectivity index (χ2n) is 11.0. The van der Waals surface area contributed by atoms with Crippen LogP contribution in [-0.4, -0.2) is 57.1 Å². The number of carbonyl (C=O) groups excluding carboxylic acids is 3. The van der Waals surface area contributed by atoms with Crippen molar-refractivity contribution in [2.75, 3.05) is 0 Å². The third-order valence-corrected chi connectivity index (χ3v) is 8.22. The minimum Gasteiger partial charge on any atom is -0.353 e. The van der Waals surface area contributed by atoms with Gasteiger partial charge in [0.2, 0.25) is 11.8 Å². The molecule has 4 amide bonds. The van der Waals surface area contributed by atoms with Gasteiger partial charge in [0.1, 0.15) is 0 Å². The van der Waals surface area contributed by atoms with E-state index in [1.807, 2.05) is 13.8 Å². The van der Waals surface area contributed by atoms with E-state index in [-0.39, 0.29) is 36.4 Å². The van der Waals surface area contributed by atoms with Crippen LogP contribution in [0, 0.1) is 11.8 Å². The van der Waals surface area contributed by atoms with E-state index >= 15 is 0 Å². The average Bonchev–Trinajstić information content (AvgIpc) is 3.46. The van der Waals surface area contributed by atoms with E-state index in [4.69, 9.17) is 0 Å². The van der Waals surface area contributed by atoms with Crippen molar-refractivity contribution >= 4 is 17.8 Å². The first-order valence-electron chi connectivity index (χ1n) is 13.2. The summed E-state index contributed by atoms with van der Waals surface area (Å²) in [4.78, 5) is 43.5. The summed E-state index contributed by atoms with van der Waals surface area (Å²) in [5.74, 6) is -0.766. The molecule has 5 rings (SSSR count). The second-order valence-corrected chi connectivity index (χ2v) is 11.0. The minimum atomic E-state index is -4.49. The number of benzene rings is 1. The number of fused-ring (bicyclic) bond motifs is 3. The molecule has 4 unspecified atom stereocenters. The normalized spacial score (nSPS) is 28.6. The number of hydrazine groups is 1. The highest BCUT2D eigenvalue weighted by Gasteiger charge is 2.56. The molecule has 0 bridgehead atoms. The van der Waals surface area contributed by atoms with E-state index in [1.165, 1.54) is 11.1 Å². The van der Waals surface area contributed by atoms with Gasteiger partial charge in [-0.2, -0.15) is 18.6 Å². The Bertz CT molecular complexity index is 1060. The predicted octanol–water partition coefficient (Wildman–Crippen LogP) is 3.83. The summed E-state index contributed by atoms with van der Waals surface area (Å²) in [6.07, 6.45) is 0.437. The quantitative estimate of drug-likeness (QED) is 0.617. The zero-order valence-corrected chi connectivity index (χ0v) is 21.1. The molecule has 1 aromatic rings. The van der Waals surface area contributed by atoms with Crippen molar-refractivity contribution in [1.82, 2.24) is 25.6 Å². The fourth-order valence-corrected chi connectivity index (χ4v) is 6.38. The van der Waals surface area contributed by atoms with Crippen LogP contribution in [0.4, 0.5) is 18.0 Å². The van der Waals surface area contributed by atoms with E-state index in [1.54, 1.807) is 15.9 Å². The first kappa shape index (κ1) is 25.8. The number of alkyl halides is 3. The van der Waals surface area contributed by atoms with Crippen molar-refractivity contribution in [2.24, 2.45) is 11.8 Å². The minimum absolute atomic E-state index is 0.0129. The Kier molecular flexibility index (Phi) is 6.84. The number of hydrogen-bond donors (Lipinski definition) is 2. The Labute approximate surface area is 214 Å². The maximum absolute atomic E-state index is 13.6. The Morgan fingerprint density at radius 3 is 2.54 bits per heavy atom. The lowest BCUT2D eigenvalue weighted by atomic mass is 9.75. The summed E-state index contributed by atoms with van der Waals surface area (Å²) < 4.78 is 39.7. The van der Waals surface area contributed by atoms with Gasteiger partial charge in [0.25, 0.3) is 0 Å². The van der Waals surface area contributed by atoms with Gasteiger partial charge in [0.05, 0.1) is 18.0 Å². The van der Waals surface area contributed by atoms with Gasteiger partial charge in [-0.25, -0.2) is 4.79 Å². The van der Waals surface area contributed by atoms with E-state index in [0.717, 1.165) is 37.8 Å². The molecule has 0 radical (unpaired) electrons. The van der Waals surface area contributed by atoms with Crippen LogP contribution >= 0.6 is 0 Å². The molecule has 2 saturated heterocycles. The highest BCUT2D eigenvalue weighted by atomic mass is 19.4. The Morgan fingerprint density at radius 1 is 1.14 bits per heavy atom. The monoisotopic (exact) mass is 521 g/mol. The SMILES string of the molecule is CC(C)N1C(=O)C2CCC(C(=O)NC3CCCC3)CC2N2C(=O)N(Cc3cccc(C(F)(F)F)c3)NC12. The number of hydrogen-bond acceptors (Lipinski definition) is 4. The summed E-state index contributed by atoms with van der Waals surface area (Å²) in [6.45, 7) is 3.66. The van der Waals surface area contributed by atoms with E-state index in [9.17, 15) is 27.6 Å². The molecule has 0 spiro atoms. The van der Waals surface area contributed by atoms with Gasteiger partial charge < -0.3 is 10.2 Å². The smallest absolute Gasteiger partial charge is 0.353 e. The highest BCUT2D eigenvalue weighted by molar-refractivity contribution is 5.87. The molecule has 2 aliphatic heterocycles. The van der Waals surface area contributed by atoms with E-state index in [0.29, 0.717) is 24.8 Å². The molecule has 1 aromatic carbocycles. The topological polar surface area (TPSA) is 85.0 Å². The van der Waals surface area contributed by atoms with E-state index in [2.05, 4.69) is 10.7 Å². The lowest BCUT2D eigenvalue weighted by Gasteiger charge is -2.51. The zero-order valence-electron chi connectivity index (χ0n) is 21.1. The summed E-state index contributed by atoms with van der Waals surface area (Å²) in [7, 11) is 0. The van der Waals surface area contributed by atoms with Crippen LogP contribution in [0.3, 0.4) is 0 Å². The number of halogens is 3. The molecule has 2 heterocycles. The molecule has 2 saturated carbocycles. The number of nitrogens with one attached hydrogen (secondary N) is 2. The number of nitrogens with zero attached hydrogens (tertiary/aromatic N) is 3. The molecule has 4 aliphatic rings. The van der Waals surface area contributed by atoms with Gasteiger partial charge in [-0.05, 0) is 63.6 Å². The maximum Gasteiger partial charge on any atom is 0.416 e. The van der Waals surface area contributed by atoms with Gasteiger partial charge in [0.15, 0.2) is 6.29 Å². The van der Waals surface area contributed by atoms with Gasteiger partial charge in [0, 0.05) is 24.0 Å². The van der Waals surface area contributed by atoms with Crippen LogP contribution < -0.4 is 10.7 Å². The fraction of sp³-hybridized carbons (Fsp3) is 0.654. The lowest BCUT2D eigenvalue weighted by Crippen LogP contribution is -2.68. The number of carbonyl (C=O) groups is 3. The summed E-state index contributed by atoms with van der Waals surface area (Å²) in [6, 6.07) is 4.04. The first-order valence-corrected chi connectivity index (χ1v) is 13.2. The molecule has 11 heteroatoms. The van der Waals surface area contributed by atoms with Crippen LogP contribution in [-0.2, 0) is 22.3 Å². The second kappa shape index (κ2) is 9.81. The zero-order chi connectivity index (χ0) is 26.5. The molecule has 0 aromatic heterocycles. The average molecular weight is 522 g/mol. The first-order chi connectivity index (χ1) is 17.5. The molecular formula is C26H34F3N5O3. The summed E-state index contributed by atoms with van der Waals surface area (Å²) in [5, 5.41) is 4.44. The third-order valence-electron chi connectivity index (χ3n) is 8.22. The molecular weight excluding hydrogens is 487 g/mol. The Hall–Kier alpha value is -2.82. The Morgan fingerprint density at radius 2 is 1.86 bits per heavy atom. The molecule has 37 heavy (non-hydrogen) atoms. The molecule has 2 N–H and O–H groups in total. The molecule has 4 fully saturated rings. The predicted molar refractivity (Wildman–Crippen MR) is 128 cm³/mol. The molecule has 2 aliphatic carbocycles. The van der Waals surface area contributed by atoms with Crippen LogP contribution in [0.1, 0.15) is 69.9 Å². The van der Waals surface area contributed by atoms with Gasteiger partial charge in [-0.3, -0.25) is 19.5 Å². The maximum atomic E-state index is 13.6. The molecule has 202 valence electrons. The summed E-state index contributed by atoms with van der Waals surface area (Å²) >= 11 is 0. The number of urea groups is 1. The number of amides is 4. The van der Waals surface area contributed by atoms with Crippen molar-refractivity contribution in [1.29, 1.82) is 0 Å². The third kappa shape index (κ3) is 4.89. The van der Waals surface area contributed by atoms with Gasteiger partial charge in [-0.1, -0.05) is 25.0 Å². The number of rotatable bonds is 5. The van der Waals surface area contributed by atoms with Crippen LogP contribution in [0.2, 0.25) is 0 Å². The lowest BCUT2D eigenvalue weighted by molar-refractivity contribution is -0.162. The van der Waals surface area contributed by atoms with Gasteiger partial charge >= 0.3 is 12.2 Å². The van der Waals surface area contributed by atoms with Crippen molar-refractivity contribution in [3.63, 3.8) is 0 Å². The van der Waals surface area contributed by atoms with Crippen LogP contribution in [0.25, 0.3) is 0 Å². The molecule has 8 nitrogen and oxygen atoms in total. The van der Waals surface area contributed by atoms with Crippen molar-refractivity contribution < 1.29 is 27.6 Å². The molecule has 4 atom stereocenters. The van der Waals surface area contributed by atoms with Crippen molar-refractivity contribution in [3.05, 3.63) is 35.4 Å². The van der Waals surface area contributed by atoms with E-state index < -0.39 is 36.0 Å². The largest absolute Gasteiger partial charge is 0.416 e. The summed E-state index contributed by atoms with van der Waals surface area (Å²) in [5.41, 5.74) is 2.63. The standard InChI is InChI=1S/C26H34F3N5O3/c1-15(2)33-23(36)20-11-10-17(22(35)30-19-8-3-4-9-19)13-21(20)34-24(33)31-32(25(34)37)14-16-6-5-7-18(12-16)26(27,28)29/h5-7,12,15,17,19-21,24,31H,3-4,8-11,13-14H2,1-2H3,(H,30,35). The Balaban J connectivity index is 1.37. The van der Waals surface area contributed by atoms with Crippen LogP contribution in [0.5, 0.6) is 0 Å². The van der Waals surface area contributed by atoms with Crippen molar-refractivity contribution in [3.8, 4) is 0 Å².